The fourth-order valence-electron chi connectivity index (χ4n) is 6.05. The minimum atomic E-state index is -0.652. The monoisotopic (exact) mass is 468 g/mol. The van der Waals surface area contributed by atoms with E-state index in [1.54, 1.807) is 7.11 Å². The zero-order valence-electron chi connectivity index (χ0n) is 22.2. The number of hydrogen-bond donors (Lipinski definition) is 1. The smallest absolute Gasteiger partial charge is 0.324 e. The number of hydrogen-bond acceptors (Lipinski definition) is 4. The Morgan fingerprint density at radius 1 is 1.15 bits per heavy atom. The first kappa shape index (κ1) is 24.7. The van der Waals surface area contributed by atoms with Gasteiger partial charge in [-0.15, -0.1) is 0 Å². The molecule has 2 aromatic rings. The minimum absolute atomic E-state index is 0.119. The number of ether oxygens (including phenoxy) is 1. The molecule has 7 nitrogen and oxygen atoms in total. The molecule has 4 rings (SSSR count). The van der Waals surface area contributed by atoms with Crippen molar-refractivity contribution < 1.29 is 14.3 Å². The molecule has 3 amide bonds. The van der Waals surface area contributed by atoms with Gasteiger partial charge in [0.2, 0.25) is 5.91 Å². The van der Waals surface area contributed by atoms with Crippen molar-refractivity contribution in [1.29, 1.82) is 0 Å². The average Bonchev–Trinajstić information content (AvgIpc) is 3.03. The third kappa shape index (κ3) is 3.93. The molecule has 1 unspecified atom stereocenters. The molecule has 1 aromatic heterocycles. The number of fused-ring (bicyclic) bond motifs is 2. The van der Waals surface area contributed by atoms with Crippen molar-refractivity contribution in [2.24, 2.45) is 13.0 Å². The molecule has 1 fully saturated rings. The van der Waals surface area contributed by atoms with Crippen LogP contribution in [0.5, 0.6) is 0 Å². The number of likely N-dealkylation sites (N-methyl/N-ethyl adjacent to an activating group) is 1. The maximum absolute atomic E-state index is 14.0. The molecule has 1 saturated heterocycles. The van der Waals surface area contributed by atoms with Crippen molar-refractivity contribution in [3.8, 4) is 0 Å². The fourth-order valence-corrected chi connectivity index (χ4v) is 6.05. The number of benzene rings is 1. The molecule has 1 N–H and O–H groups in total. The van der Waals surface area contributed by atoms with Crippen molar-refractivity contribution in [2.75, 3.05) is 20.7 Å². The number of carbonyl (C=O) groups excluding carboxylic acids is 2. The average molecular weight is 469 g/mol. The number of amides is 3. The normalized spacial score (nSPS) is 25.2. The predicted molar refractivity (Wildman–Crippen MR) is 135 cm³/mol. The standard InChI is InChI=1S/C27H40N4O3/c1-25(2,3)28-24(33)31(26(4,5)6)23(32)18-14-27(34-9)19-11-10-12-20-22(19)17(15-29(20)7)13-21(27)30(8)16-18/h10-12,15,18,21H,13-14,16H2,1-9H3,(H,28,33)/t18-,21-,27?/m1/s1. The van der Waals surface area contributed by atoms with Crippen LogP contribution in [-0.2, 0) is 28.6 Å². The molecular weight excluding hydrogens is 428 g/mol. The molecule has 0 bridgehead atoms. The highest BCUT2D eigenvalue weighted by Crippen LogP contribution is 2.50. The van der Waals surface area contributed by atoms with Crippen LogP contribution in [-0.4, -0.2) is 64.1 Å². The van der Waals surface area contributed by atoms with E-state index in [2.05, 4.69) is 53.3 Å². The van der Waals surface area contributed by atoms with E-state index in [9.17, 15) is 9.59 Å². The van der Waals surface area contributed by atoms with Gasteiger partial charge in [-0.05, 0) is 78.6 Å². The Kier molecular flexibility index (Phi) is 5.89. The summed E-state index contributed by atoms with van der Waals surface area (Å²) in [7, 11) is 5.91. The first-order valence-electron chi connectivity index (χ1n) is 12.2. The summed E-state index contributed by atoms with van der Waals surface area (Å²) in [6, 6.07) is 6.13. The van der Waals surface area contributed by atoms with Gasteiger partial charge in [-0.25, -0.2) is 4.79 Å². The molecule has 0 saturated carbocycles. The van der Waals surface area contributed by atoms with Gasteiger partial charge < -0.3 is 14.6 Å². The lowest BCUT2D eigenvalue weighted by Gasteiger charge is -2.53. The Hall–Kier alpha value is -2.38. The fraction of sp³-hybridized carbons (Fsp3) is 0.630. The zero-order valence-corrected chi connectivity index (χ0v) is 22.2. The molecule has 1 aliphatic heterocycles. The number of aromatic nitrogens is 1. The highest BCUT2D eigenvalue weighted by Gasteiger charge is 2.54. The number of nitrogens with one attached hydrogen (secondary N) is 1. The molecule has 3 atom stereocenters. The van der Waals surface area contributed by atoms with Crippen LogP contribution in [0.2, 0.25) is 0 Å². The van der Waals surface area contributed by atoms with Crippen LogP contribution in [0.4, 0.5) is 4.79 Å². The van der Waals surface area contributed by atoms with Crippen molar-refractivity contribution >= 4 is 22.8 Å². The molecule has 34 heavy (non-hydrogen) atoms. The number of methoxy groups -OCH3 is 1. The second-order valence-corrected chi connectivity index (χ2v) is 12.1. The number of carbonyl (C=O) groups is 2. The predicted octanol–water partition coefficient (Wildman–Crippen LogP) is 4.03. The Morgan fingerprint density at radius 3 is 2.41 bits per heavy atom. The lowest BCUT2D eigenvalue weighted by Crippen LogP contribution is -2.64. The Balaban J connectivity index is 1.76. The van der Waals surface area contributed by atoms with E-state index >= 15 is 0 Å². The largest absolute Gasteiger partial charge is 0.372 e. The molecule has 7 heteroatoms. The number of aryl methyl sites for hydroxylation is 1. The summed E-state index contributed by atoms with van der Waals surface area (Å²) in [5.41, 5.74) is 1.94. The van der Waals surface area contributed by atoms with Crippen molar-refractivity contribution in [1.82, 2.24) is 19.7 Å². The van der Waals surface area contributed by atoms with Crippen LogP contribution >= 0.6 is 0 Å². The van der Waals surface area contributed by atoms with Crippen LogP contribution in [0.15, 0.2) is 24.4 Å². The third-order valence-corrected chi connectivity index (χ3v) is 7.38. The molecule has 186 valence electrons. The number of likely N-dealkylation sites (tertiary alicyclic amines) is 1. The van der Waals surface area contributed by atoms with Gasteiger partial charge in [0.05, 0.1) is 5.92 Å². The van der Waals surface area contributed by atoms with Crippen molar-refractivity contribution in [3.05, 3.63) is 35.5 Å². The third-order valence-electron chi connectivity index (χ3n) is 7.38. The van der Waals surface area contributed by atoms with E-state index in [1.165, 1.54) is 21.4 Å². The minimum Gasteiger partial charge on any atom is -0.372 e. The van der Waals surface area contributed by atoms with Gasteiger partial charge in [0.15, 0.2) is 0 Å². The lowest BCUT2D eigenvalue weighted by atomic mass is 9.68. The summed E-state index contributed by atoms with van der Waals surface area (Å²) >= 11 is 0. The highest BCUT2D eigenvalue weighted by molar-refractivity contribution is 5.97. The molecular formula is C27H40N4O3. The summed E-state index contributed by atoms with van der Waals surface area (Å²) < 4.78 is 8.55. The van der Waals surface area contributed by atoms with Gasteiger partial charge in [0, 0.05) is 54.9 Å². The van der Waals surface area contributed by atoms with E-state index in [-0.39, 0.29) is 23.9 Å². The van der Waals surface area contributed by atoms with Crippen LogP contribution < -0.4 is 5.32 Å². The number of imide groups is 1. The maximum atomic E-state index is 14.0. The van der Waals surface area contributed by atoms with E-state index in [4.69, 9.17) is 4.74 Å². The first-order chi connectivity index (χ1) is 15.7. The summed E-state index contributed by atoms with van der Waals surface area (Å²) in [4.78, 5) is 31.0. The van der Waals surface area contributed by atoms with Crippen LogP contribution in [0.25, 0.3) is 10.9 Å². The van der Waals surface area contributed by atoms with E-state index in [1.807, 2.05) is 41.5 Å². The molecule has 2 aliphatic rings. The van der Waals surface area contributed by atoms with Crippen LogP contribution in [0, 0.1) is 5.92 Å². The summed E-state index contributed by atoms with van der Waals surface area (Å²) in [5.74, 6) is -0.520. The Labute approximate surface area is 203 Å². The van der Waals surface area contributed by atoms with E-state index < -0.39 is 16.7 Å². The second kappa shape index (κ2) is 8.09. The SMILES string of the molecule is COC12C[C@@H](C(=O)N(C(=O)NC(C)(C)C)C(C)(C)C)CN(C)[C@@H]1Cc1cn(C)c3cccc2c13. The molecule has 1 aliphatic carbocycles. The van der Waals surface area contributed by atoms with Gasteiger partial charge >= 0.3 is 6.03 Å². The number of piperidine rings is 1. The molecule has 0 spiro atoms. The van der Waals surface area contributed by atoms with E-state index in [0.29, 0.717) is 13.0 Å². The summed E-state index contributed by atoms with van der Waals surface area (Å²) in [6.07, 6.45) is 3.63. The lowest BCUT2D eigenvalue weighted by molar-refractivity contribution is -0.156. The van der Waals surface area contributed by atoms with Gasteiger partial charge in [0.1, 0.15) is 5.60 Å². The first-order valence-corrected chi connectivity index (χ1v) is 12.2. The quantitative estimate of drug-likeness (QED) is 0.723. The number of urea groups is 1. The number of nitrogens with zero attached hydrogens (tertiary/aromatic N) is 3. The summed E-state index contributed by atoms with van der Waals surface area (Å²) in [5, 5.41) is 4.23. The molecule has 0 radical (unpaired) electrons. The molecule has 1 aromatic carbocycles. The van der Waals surface area contributed by atoms with Gasteiger partial charge in [-0.1, -0.05) is 12.1 Å². The van der Waals surface area contributed by atoms with Gasteiger partial charge in [-0.2, -0.15) is 0 Å². The Morgan fingerprint density at radius 2 is 1.82 bits per heavy atom. The van der Waals surface area contributed by atoms with Gasteiger partial charge in [0.25, 0.3) is 0 Å². The van der Waals surface area contributed by atoms with Crippen LogP contribution in [0.1, 0.15) is 59.1 Å². The highest BCUT2D eigenvalue weighted by atomic mass is 16.5. The Bertz CT molecular complexity index is 1120. The number of rotatable bonds is 2. The van der Waals surface area contributed by atoms with Crippen molar-refractivity contribution in [2.45, 2.75) is 77.1 Å². The maximum Gasteiger partial charge on any atom is 0.324 e. The second-order valence-electron chi connectivity index (χ2n) is 12.1. The van der Waals surface area contributed by atoms with Crippen molar-refractivity contribution in [3.63, 3.8) is 0 Å². The van der Waals surface area contributed by atoms with E-state index in [0.717, 1.165) is 12.0 Å². The summed E-state index contributed by atoms with van der Waals surface area (Å²) in [6.45, 7) is 12.1. The zero-order chi connectivity index (χ0) is 25.2. The van der Waals surface area contributed by atoms with Crippen LogP contribution in [0.3, 0.4) is 0 Å². The van der Waals surface area contributed by atoms with Gasteiger partial charge in [-0.3, -0.25) is 14.6 Å². The topological polar surface area (TPSA) is 66.8 Å². The molecule has 2 heterocycles.